The molecule has 0 amide bonds. The summed E-state index contributed by atoms with van der Waals surface area (Å²) in [6.07, 6.45) is 5.84. The molecule has 0 fully saturated rings. The summed E-state index contributed by atoms with van der Waals surface area (Å²) in [5, 5.41) is 13.4. The quantitative estimate of drug-likeness (QED) is 0.758. The fourth-order valence-electron chi connectivity index (χ4n) is 2.21. The summed E-state index contributed by atoms with van der Waals surface area (Å²) in [6.45, 7) is 0.716. The van der Waals surface area contributed by atoms with Gasteiger partial charge in [0.05, 0.1) is 6.20 Å². The molecule has 0 radical (unpaired) electrons. The molecule has 0 saturated heterocycles. The minimum Gasteiger partial charge on any atom is -0.369 e. The average Bonchev–Trinajstić information content (AvgIpc) is 2.91. The van der Waals surface area contributed by atoms with Crippen LogP contribution < -0.4 is 5.32 Å². The first-order valence-electron chi connectivity index (χ1n) is 6.37. The Morgan fingerprint density at radius 3 is 3.10 bits per heavy atom. The molecule has 0 unspecified atom stereocenters. The molecule has 1 aromatic carbocycles. The summed E-state index contributed by atoms with van der Waals surface area (Å²) < 4.78 is 0. The van der Waals surface area contributed by atoms with Crippen molar-refractivity contribution in [2.75, 3.05) is 11.9 Å². The van der Waals surface area contributed by atoms with Crippen LogP contribution in [0.25, 0.3) is 10.9 Å². The van der Waals surface area contributed by atoms with Crippen LogP contribution in [0.1, 0.15) is 11.1 Å². The van der Waals surface area contributed by atoms with E-state index >= 15 is 0 Å². The topological polar surface area (TPSA) is 77.4 Å². The van der Waals surface area contributed by atoms with E-state index in [4.69, 9.17) is 5.26 Å². The van der Waals surface area contributed by atoms with Gasteiger partial charge in [-0.1, -0.05) is 18.2 Å². The second kappa shape index (κ2) is 5.41. The van der Waals surface area contributed by atoms with E-state index in [0.29, 0.717) is 17.9 Å². The molecule has 0 aliphatic carbocycles. The monoisotopic (exact) mass is 263 g/mol. The van der Waals surface area contributed by atoms with Crippen molar-refractivity contribution in [3.05, 3.63) is 54.1 Å². The number of anilines is 1. The van der Waals surface area contributed by atoms with Gasteiger partial charge in [0.25, 0.3) is 0 Å². The summed E-state index contributed by atoms with van der Waals surface area (Å²) in [5.41, 5.74) is 2.86. The number of benzene rings is 1. The maximum absolute atomic E-state index is 8.97. The van der Waals surface area contributed by atoms with Crippen molar-refractivity contribution < 1.29 is 0 Å². The van der Waals surface area contributed by atoms with Gasteiger partial charge >= 0.3 is 0 Å². The zero-order valence-electron chi connectivity index (χ0n) is 10.8. The van der Waals surface area contributed by atoms with E-state index in [-0.39, 0.29) is 0 Å². The number of aromatic nitrogens is 3. The highest BCUT2D eigenvalue weighted by Gasteiger charge is 2.05. The van der Waals surface area contributed by atoms with E-state index in [1.807, 2.05) is 18.3 Å². The lowest BCUT2D eigenvalue weighted by atomic mass is 10.1. The molecule has 0 aliphatic rings. The smallest absolute Gasteiger partial charge is 0.147 e. The van der Waals surface area contributed by atoms with Gasteiger partial charge in [-0.05, 0) is 18.1 Å². The molecule has 2 aromatic heterocycles. The molecule has 2 N–H and O–H groups in total. The van der Waals surface area contributed by atoms with Gasteiger partial charge in [0.15, 0.2) is 0 Å². The normalized spacial score (nSPS) is 10.3. The molecule has 2 heterocycles. The van der Waals surface area contributed by atoms with Crippen LogP contribution in [0, 0.1) is 11.3 Å². The van der Waals surface area contributed by atoms with Crippen LogP contribution in [-0.2, 0) is 6.42 Å². The van der Waals surface area contributed by atoms with Gasteiger partial charge in [0.2, 0.25) is 0 Å². The van der Waals surface area contributed by atoms with Crippen LogP contribution in [-0.4, -0.2) is 21.5 Å². The second-order valence-corrected chi connectivity index (χ2v) is 4.43. The Labute approximate surface area is 116 Å². The molecule has 0 atom stereocenters. The first kappa shape index (κ1) is 12.2. The molecular weight excluding hydrogens is 250 g/mol. The van der Waals surface area contributed by atoms with Gasteiger partial charge in [-0.2, -0.15) is 5.26 Å². The van der Waals surface area contributed by atoms with Crippen LogP contribution in [0.4, 0.5) is 5.82 Å². The number of nitrogens with one attached hydrogen (secondary N) is 2. The Hall–Kier alpha value is -2.87. The van der Waals surface area contributed by atoms with E-state index < -0.39 is 0 Å². The van der Waals surface area contributed by atoms with Gasteiger partial charge in [0, 0.05) is 23.6 Å². The lowest BCUT2D eigenvalue weighted by Crippen LogP contribution is -2.07. The van der Waals surface area contributed by atoms with Crippen LogP contribution in [0.15, 0.2) is 43.0 Å². The van der Waals surface area contributed by atoms with Crippen molar-refractivity contribution in [2.45, 2.75) is 6.42 Å². The molecule has 3 rings (SSSR count). The van der Waals surface area contributed by atoms with E-state index in [9.17, 15) is 0 Å². The van der Waals surface area contributed by atoms with Crippen LogP contribution in [0.3, 0.4) is 0 Å². The molecule has 0 aliphatic heterocycles. The van der Waals surface area contributed by atoms with Gasteiger partial charge in [-0.15, -0.1) is 0 Å². The summed E-state index contributed by atoms with van der Waals surface area (Å²) in [7, 11) is 0. The third-order valence-corrected chi connectivity index (χ3v) is 3.19. The number of nitrogens with zero attached hydrogens (tertiary/aromatic N) is 3. The fourth-order valence-corrected chi connectivity index (χ4v) is 2.21. The van der Waals surface area contributed by atoms with Crippen molar-refractivity contribution in [3.8, 4) is 6.07 Å². The number of hydrogen-bond acceptors (Lipinski definition) is 4. The molecule has 98 valence electrons. The predicted octanol–water partition coefficient (Wildman–Crippen LogP) is 2.48. The lowest BCUT2D eigenvalue weighted by Gasteiger charge is -2.05. The van der Waals surface area contributed by atoms with Gasteiger partial charge < -0.3 is 10.3 Å². The SMILES string of the molecule is N#Cc1cncnc1NCCc1c[nH]c2ccccc12. The highest BCUT2D eigenvalue weighted by atomic mass is 15.0. The Balaban J connectivity index is 1.70. The highest BCUT2D eigenvalue weighted by Crippen LogP contribution is 2.18. The number of rotatable bonds is 4. The van der Waals surface area contributed by atoms with Crippen molar-refractivity contribution >= 4 is 16.7 Å². The standard InChI is InChI=1S/C15H13N5/c16-7-12-8-17-10-20-15(12)18-6-5-11-9-19-14-4-2-1-3-13(11)14/h1-4,8-10,19H,5-6H2,(H,17,18,20). The number of nitriles is 1. The third kappa shape index (κ3) is 2.31. The summed E-state index contributed by atoms with van der Waals surface area (Å²) in [4.78, 5) is 11.2. The van der Waals surface area contributed by atoms with E-state index in [0.717, 1.165) is 11.9 Å². The number of fused-ring (bicyclic) bond motifs is 1. The largest absolute Gasteiger partial charge is 0.369 e. The van der Waals surface area contributed by atoms with Crippen molar-refractivity contribution in [2.24, 2.45) is 0 Å². The number of para-hydroxylation sites is 1. The lowest BCUT2D eigenvalue weighted by molar-refractivity contribution is 1.00. The molecule has 0 bridgehead atoms. The molecular formula is C15H13N5. The fraction of sp³-hybridized carbons (Fsp3) is 0.133. The maximum atomic E-state index is 8.97. The first-order chi connectivity index (χ1) is 9.88. The van der Waals surface area contributed by atoms with Crippen LogP contribution in [0.2, 0.25) is 0 Å². The van der Waals surface area contributed by atoms with Crippen molar-refractivity contribution in [1.29, 1.82) is 5.26 Å². The van der Waals surface area contributed by atoms with Crippen molar-refractivity contribution in [3.63, 3.8) is 0 Å². The Bertz CT molecular complexity index is 769. The Morgan fingerprint density at radius 1 is 1.30 bits per heavy atom. The number of H-pyrrole nitrogens is 1. The highest BCUT2D eigenvalue weighted by molar-refractivity contribution is 5.83. The zero-order chi connectivity index (χ0) is 13.8. The number of hydrogen-bond donors (Lipinski definition) is 2. The number of aromatic amines is 1. The Kier molecular flexibility index (Phi) is 3.29. The minimum absolute atomic E-state index is 0.464. The predicted molar refractivity (Wildman–Crippen MR) is 77.2 cm³/mol. The van der Waals surface area contributed by atoms with Crippen LogP contribution >= 0.6 is 0 Å². The van der Waals surface area contributed by atoms with Crippen molar-refractivity contribution in [1.82, 2.24) is 15.0 Å². The van der Waals surface area contributed by atoms with E-state index in [1.165, 1.54) is 23.5 Å². The average molecular weight is 263 g/mol. The molecule has 0 saturated carbocycles. The van der Waals surface area contributed by atoms with Gasteiger partial charge in [-0.3, -0.25) is 0 Å². The molecule has 5 nitrogen and oxygen atoms in total. The first-order valence-corrected chi connectivity index (χ1v) is 6.37. The van der Waals surface area contributed by atoms with E-state index in [2.05, 4.69) is 38.5 Å². The summed E-state index contributed by atoms with van der Waals surface area (Å²) in [6, 6.07) is 10.3. The summed E-state index contributed by atoms with van der Waals surface area (Å²) >= 11 is 0. The minimum atomic E-state index is 0.464. The second-order valence-electron chi connectivity index (χ2n) is 4.43. The van der Waals surface area contributed by atoms with Gasteiger partial charge in [0.1, 0.15) is 23.8 Å². The zero-order valence-corrected chi connectivity index (χ0v) is 10.8. The maximum Gasteiger partial charge on any atom is 0.147 e. The molecule has 20 heavy (non-hydrogen) atoms. The molecule has 3 aromatic rings. The summed E-state index contributed by atoms with van der Waals surface area (Å²) in [5.74, 6) is 0.586. The third-order valence-electron chi connectivity index (χ3n) is 3.19. The molecule has 0 spiro atoms. The molecule has 5 heteroatoms. The van der Waals surface area contributed by atoms with Gasteiger partial charge in [-0.25, -0.2) is 9.97 Å². The Morgan fingerprint density at radius 2 is 2.20 bits per heavy atom. The van der Waals surface area contributed by atoms with Crippen LogP contribution in [0.5, 0.6) is 0 Å². The van der Waals surface area contributed by atoms with E-state index in [1.54, 1.807) is 0 Å².